The molecule has 0 aliphatic rings. The van der Waals surface area contributed by atoms with E-state index < -0.39 is 11.7 Å². The van der Waals surface area contributed by atoms with Crippen LogP contribution in [0.5, 0.6) is 0 Å². The van der Waals surface area contributed by atoms with E-state index in [1.807, 2.05) is 0 Å². The number of nitrogen functional groups attached to an aromatic ring is 1. The first-order chi connectivity index (χ1) is 10.9. The summed E-state index contributed by atoms with van der Waals surface area (Å²) in [7, 11) is 1.65. The summed E-state index contributed by atoms with van der Waals surface area (Å²) in [6, 6.07) is 10.3. The molecule has 0 bridgehead atoms. The molecule has 0 saturated heterocycles. The fraction of sp³-hybridized carbons (Fsp3) is 0.125. The standard InChI is InChI=1S/C16H13F3N4/c1-21-14-11-7-6-9(20)8-13(11)22-15(23-14)10-4-2-3-5-12(10)16(17,18)19/h2-8H,20H2,1H3,(H,21,22,23). The maximum Gasteiger partial charge on any atom is 0.417 e. The van der Waals surface area contributed by atoms with Crippen LogP contribution >= 0.6 is 0 Å². The molecule has 0 spiro atoms. The van der Waals surface area contributed by atoms with Crippen molar-refractivity contribution in [2.75, 3.05) is 18.1 Å². The van der Waals surface area contributed by atoms with Crippen LogP contribution < -0.4 is 11.1 Å². The average molecular weight is 318 g/mol. The van der Waals surface area contributed by atoms with Crippen molar-refractivity contribution in [1.82, 2.24) is 9.97 Å². The maximum atomic E-state index is 13.2. The Morgan fingerprint density at radius 3 is 2.48 bits per heavy atom. The number of aromatic nitrogens is 2. The number of halogens is 3. The van der Waals surface area contributed by atoms with Crippen LogP contribution in [-0.2, 0) is 6.18 Å². The Labute approximate surface area is 130 Å². The minimum absolute atomic E-state index is 0.000347. The lowest BCUT2D eigenvalue weighted by atomic mass is 10.1. The van der Waals surface area contributed by atoms with E-state index in [1.165, 1.54) is 18.2 Å². The first-order valence-electron chi connectivity index (χ1n) is 6.82. The molecule has 0 fully saturated rings. The third kappa shape index (κ3) is 2.77. The lowest BCUT2D eigenvalue weighted by molar-refractivity contribution is -0.137. The summed E-state index contributed by atoms with van der Waals surface area (Å²) in [5, 5.41) is 3.57. The van der Waals surface area contributed by atoms with Crippen LogP contribution in [0.15, 0.2) is 42.5 Å². The number of nitrogens with zero attached hydrogens (tertiary/aromatic N) is 2. The molecule has 1 heterocycles. The molecule has 3 rings (SSSR count). The van der Waals surface area contributed by atoms with Gasteiger partial charge in [-0.2, -0.15) is 13.2 Å². The van der Waals surface area contributed by atoms with Gasteiger partial charge in [0.2, 0.25) is 0 Å². The molecule has 3 N–H and O–H groups in total. The number of fused-ring (bicyclic) bond motifs is 1. The number of anilines is 2. The van der Waals surface area contributed by atoms with Crippen LogP contribution in [0.25, 0.3) is 22.3 Å². The number of hydrogen-bond acceptors (Lipinski definition) is 4. The van der Waals surface area contributed by atoms with Gasteiger partial charge >= 0.3 is 6.18 Å². The van der Waals surface area contributed by atoms with Gasteiger partial charge in [0.05, 0.1) is 11.1 Å². The van der Waals surface area contributed by atoms with E-state index in [1.54, 1.807) is 25.2 Å². The molecule has 4 nitrogen and oxygen atoms in total. The van der Waals surface area contributed by atoms with Crippen molar-refractivity contribution in [3.05, 3.63) is 48.0 Å². The van der Waals surface area contributed by atoms with Crippen LogP contribution in [0.3, 0.4) is 0 Å². The lowest BCUT2D eigenvalue weighted by Gasteiger charge is -2.13. The monoisotopic (exact) mass is 318 g/mol. The number of benzene rings is 2. The molecule has 0 amide bonds. The third-order valence-corrected chi connectivity index (χ3v) is 3.43. The summed E-state index contributed by atoms with van der Waals surface area (Å²) >= 11 is 0. The average Bonchev–Trinajstić information content (AvgIpc) is 2.52. The second kappa shape index (κ2) is 5.42. The van der Waals surface area contributed by atoms with Gasteiger partial charge < -0.3 is 11.1 Å². The minimum atomic E-state index is -4.48. The van der Waals surface area contributed by atoms with Crippen LogP contribution in [0, 0.1) is 0 Å². The number of alkyl halides is 3. The maximum absolute atomic E-state index is 13.2. The molecule has 0 atom stereocenters. The van der Waals surface area contributed by atoms with Gasteiger partial charge in [0.15, 0.2) is 5.82 Å². The Morgan fingerprint density at radius 1 is 1.04 bits per heavy atom. The van der Waals surface area contributed by atoms with Crippen molar-refractivity contribution in [3.8, 4) is 11.4 Å². The SMILES string of the molecule is CNc1nc(-c2ccccc2C(F)(F)F)nc2cc(N)ccc12. The van der Waals surface area contributed by atoms with Crippen molar-refractivity contribution in [2.24, 2.45) is 0 Å². The first-order valence-corrected chi connectivity index (χ1v) is 6.82. The highest BCUT2D eigenvalue weighted by Gasteiger charge is 2.34. The number of nitrogens with one attached hydrogen (secondary N) is 1. The Kier molecular flexibility index (Phi) is 3.55. The Morgan fingerprint density at radius 2 is 1.78 bits per heavy atom. The summed E-state index contributed by atoms with van der Waals surface area (Å²) < 4.78 is 39.6. The number of nitrogens with two attached hydrogens (primary N) is 1. The van der Waals surface area contributed by atoms with Crippen LogP contribution in [0.1, 0.15) is 5.56 Å². The molecule has 3 aromatic rings. The highest BCUT2D eigenvalue weighted by Crippen LogP contribution is 2.36. The molecule has 118 valence electrons. The van der Waals surface area contributed by atoms with Crippen LogP contribution in [0.4, 0.5) is 24.7 Å². The van der Waals surface area contributed by atoms with E-state index in [2.05, 4.69) is 15.3 Å². The fourth-order valence-electron chi connectivity index (χ4n) is 2.38. The number of rotatable bonds is 2. The van der Waals surface area contributed by atoms with Crippen LogP contribution in [-0.4, -0.2) is 17.0 Å². The summed E-state index contributed by atoms with van der Waals surface area (Å²) in [5.41, 5.74) is 5.86. The second-order valence-electron chi connectivity index (χ2n) is 4.97. The minimum Gasteiger partial charge on any atom is -0.399 e. The summed E-state index contributed by atoms with van der Waals surface area (Å²) in [4.78, 5) is 8.49. The quantitative estimate of drug-likeness (QED) is 0.703. The van der Waals surface area contributed by atoms with E-state index in [0.717, 1.165) is 6.07 Å². The van der Waals surface area contributed by atoms with E-state index in [4.69, 9.17) is 5.73 Å². The normalized spacial score (nSPS) is 11.7. The summed E-state index contributed by atoms with van der Waals surface area (Å²) in [6.45, 7) is 0. The van der Waals surface area contributed by atoms with Gasteiger partial charge in [0.1, 0.15) is 5.82 Å². The first kappa shape index (κ1) is 15.1. The fourth-order valence-corrected chi connectivity index (χ4v) is 2.38. The van der Waals surface area contributed by atoms with Gasteiger partial charge in [-0.05, 0) is 24.3 Å². The van der Waals surface area contributed by atoms with E-state index in [-0.39, 0.29) is 11.4 Å². The highest BCUT2D eigenvalue weighted by molar-refractivity contribution is 5.92. The second-order valence-corrected chi connectivity index (χ2v) is 4.97. The molecular weight excluding hydrogens is 305 g/mol. The smallest absolute Gasteiger partial charge is 0.399 e. The van der Waals surface area contributed by atoms with Gasteiger partial charge in [-0.1, -0.05) is 18.2 Å². The molecule has 0 saturated carbocycles. The van der Waals surface area contributed by atoms with E-state index in [9.17, 15) is 13.2 Å². The van der Waals surface area contributed by atoms with E-state index in [0.29, 0.717) is 22.4 Å². The Hall–Kier alpha value is -2.83. The molecule has 7 heteroatoms. The molecular formula is C16H13F3N4. The molecule has 0 radical (unpaired) electrons. The third-order valence-electron chi connectivity index (χ3n) is 3.43. The summed E-state index contributed by atoms with van der Waals surface area (Å²) in [5.74, 6) is 0.447. The predicted molar refractivity (Wildman–Crippen MR) is 83.9 cm³/mol. The number of hydrogen-bond donors (Lipinski definition) is 2. The van der Waals surface area contributed by atoms with E-state index >= 15 is 0 Å². The zero-order chi connectivity index (χ0) is 16.6. The Bertz CT molecular complexity index is 875. The summed E-state index contributed by atoms with van der Waals surface area (Å²) in [6.07, 6.45) is -4.48. The van der Waals surface area contributed by atoms with Gasteiger partial charge in [0, 0.05) is 23.7 Å². The van der Waals surface area contributed by atoms with Crippen molar-refractivity contribution in [3.63, 3.8) is 0 Å². The van der Waals surface area contributed by atoms with Crippen LogP contribution in [0.2, 0.25) is 0 Å². The molecule has 23 heavy (non-hydrogen) atoms. The van der Waals surface area contributed by atoms with Crippen molar-refractivity contribution < 1.29 is 13.2 Å². The zero-order valence-corrected chi connectivity index (χ0v) is 12.1. The molecule has 0 aliphatic heterocycles. The molecule has 0 unspecified atom stereocenters. The van der Waals surface area contributed by atoms with Crippen molar-refractivity contribution >= 4 is 22.4 Å². The van der Waals surface area contributed by atoms with Gasteiger partial charge in [-0.25, -0.2) is 9.97 Å². The molecule has 1 aromatic heterocycles. The van der Waals surface area contributed by atoms with Gasteiger partial charge in [0.25, 0.3) is 0 Å². The van der Waals surface area contributed by atoms with Gasteiger partial charge in [-0.15, -0.1) is 0 Å². The van der Waals surface area contributed by atoms with Crippen molar-refractivity contribution in [1.29, 1.82) is 0 Å². The largest absolute Gasteiger partial charge is 0.417 e. The predicted octanol–water partition coefficient (Wildman–Crippen LogP) is 3.94. The molecule has 0 aliphatic carbocycles. The zero-order valence-electron chi connectivity index (χ0n) is 12.1. The molecule has 2 aromatic carbocycles. The Balaban J connectivity index is 2.29. The topological polar surface area (TPSA) is 63.8 Å². The van der Waals surface area contributed by atoms with Gasteiger partial charge in [-0.3, -0.25) is 0 Å². The lowest BCUT2D eigenvalue weighted by Crippen LogP contribution is -2.08. The highest BCUT2D eigenvalue weighted by atomic mass is 19.4. The van der Waals surface area contributed by atoms with Crippen molar-refractivity contribution in [2.45, 2.75) is 6.18 Å².